The molecule has 2 aromatic carbocycles. The maximum atomic E-state index is 13.0. The van der Waals surface area contributed by atoms with Gasteiger partial charge in [0.1, 0.15) is 6.54 Å². The minimum Gasteiger partial charge on any atom is -0.468 e. The van der Waals surface area contributed by atoms with Gasteiger partial charge in [0, 0.05) is 31.5 Å². The molecule has 0 N–H and O–H groups in total. The number of carbonyl (C=O) groups is 2. The van der Waals surface area contributed by atoms with Crippen molar-refractivity contribution in [2.75, 3.05) is 20.2 Å². The standard InChI is InChI=1S/C25H25N5O5S2/c1-17-14-18(2)23-21(15-17)30(16-22(31)35-3)25(36-23)28-24(32)19-6-8-20(9-7-19)37(33,34)29(12-4-10-26)13-5-11-27/h6-9,14-15H,4-5,12-13,16H2,1-3H3. The van der Waals surface area contributed by atoms with Crippen molar-refractivity contribution in [1.82, 2.24) is 8.87 Å². The summed E-state index contributed by atoms with van der Waals surface area (Å²) in [5, 5.41) is 17.7. The van der Waals surface area contributed by atoms with Crippen LogP contribution in [-0.2, 0) is 26.1 Å². The lowest BCUT2D eigenvalue weighted by Crippen LogP contribution is -2.32. The largest absolute Gasteiger partial charge is 0.468 e. The van der Waals surface area contributed by atoms with Gasteiger partial charge in [-0.25, -0.2) is 8.42 Å². The highest BCUT2D eigenvalue weighted by Gasteiger charge is 2.24. The maximum absolute atomic E-state index is 13.0. The Balaban J connectivity index is 1.99. The van der Waals surface area contributed by atoms with Gasteiger partial charge in [-0.3, -0.25) is 9.59 Å². The second-order valence-electron chi connectivity index (χ2n) is 8.14. The van der Waals surface area contributed by atoms with Crippen molar-refractivity contribution < 1.29 is 22.7 Å². The molecule has 0 unspecified atom stereocenters. The summed E-state index contributed by atoms with van der Waals surface area (Å²) in [5.74, 6) is -1.09. The van der Waals surface area contributed by atoms with Gasteiger partial charge in [0.05, 0.1) is 34.4 Å². The monoisotopic (exact) mass is 539 g/mol. The van der Waals surface area contributed by atoms with E-state index < -0.39 is 21.9 Å². The van der Waals surface area contributed by atoms with Gasteiger partial charge >= 0.3 is 5.97 Å². The van der Waals surface area contributed by atoms with E-state index in [0.29, 0.717) is 4.80 Å². The van der Waals surface area contributed by atoms with E-state index in [-0.39, 0.29) is 42.9 Å². The van der Waals surface area contributed by atoms with E-state index >= 15 is 0 Å². The van der Waals surface area contributed by atoms with E-state index in [0.717, 1.165) is 25.6 Å². The van der Waals surface area contributed by atoms with Crippen molar-refractivity contribution in [3.05, 3.63) is 57.9 Å². The molecule has 0 saturated heterocycles. The number of nitrogens with zero attached hydrogens (tertiary/aromatic N) is 5. The number of esters is 1. The third kappa shape index (κ3) is 6.30. The molecule has 0 bridgehead atoms. The molecular formula is C25H25N5O5S2. The number of hydrogen-bond acceptors (Lipinski definition) is 8. The zero-order chi connectivity index (χ0) is 27.2. The fraction of sp³-hybridized carbons (Fsp3) is 0.320. The smallest absolute Gasteiger partial charge is 0.325 e. The summed E-state index contributed by atoms with van der Waals surface area (Å²) in [7, 11) is -2.68. The number of aromatic nitrogens is 1. The molecular weight excluding hydrogens is 514 g/mol. The average Bonchev–Trinajstić information content (AvgIpc) is 3.20. The highest BCUT2D eigenvalue weighted by atomic mass is 32.2. The van der Waals surface area contributed by atoms with Crippen molar-refractivity contribution in [3.63, 3.8) is 0 Å². The molecule has 1 heterocycles. The number of carbonyl (C=O) groups excluding carboxylic acids is 2. The molecule has 192 valence electrons. The third-order valence-electron chi connectivity index (χ3n) is 5.51. The van der Waals surface area contributed by atoms with Crippen LogP contribution in [0.5, 0.6) is 0 Å². The first kappa shape index (κ1) is 27.7. The van der Waals surface area contributed by atoms with Gasteiger partial charge in [-0.1, -0.05) is 17.4 Å². The van der Waals surface area contributed by atoms with Crippen LogP contribution in [-0.4, -0.2) is 49.4 Å². The second kappa shape index (κ2) is 11.9. The van der Waals surface area contributed by atoms with Crippen LogP contribution in [0.1, 0.15) is 34.3 Å². The van der Waals surface area contributed by atoms with Crippen molar-refractivity contribution >= 4 is 43.5 Å². The number of methoxy groups -OCH3 is 1. The Kier molecular flexibility index (Phi) is 8.95. The fourth-order valence-corrected chi connectivity index (χ4v) is 6.24. The summed E-state index contributed by atoms with van der Waals surface area (Å²) in [5.41, 5.74) is 2.90. The van der Waals surface area contributed by atoms with Crippen LogP contribution < -0.4 is 4.80 Å². The molecule has 0 fully saturated rings. The van der Waals surface area contributed by atoms with Gasteiger partial charge in [-0.05, 0) is 55.3 Å². The van der Waals surface area contributed by atoms with E-state index in [9.17, 15) is 18.0 Å². The molecule has 1 amide bonds. The number of aryl methyl sites for hydroxylation is 2. The molecule has 0 aliphatic carbocycles. The molecule has 3 aromatic rings. The van der Waals surface area contributed by atoms with Crippen LogP contribution in [0.2, 0.25) is 0 Å². The summed E-state index contributed by atoms with van der Waals surface area (Å²) in [6.07, 6.45) is -0.0281. The lowest BCUT2D eigenvalue weighted by atomic mass is 10.1. The van der Waals surface area contributed by atoms with E-state index in [1.54, 1.807) is 4.57 Å². The van der Waals surface area contributed by atoms with Gasteiger partial charge in [0.2, 0.25) is 10.0 Å². The fourth-order valence-electron chi connectivity index (χ4n) is 3.72. The third-order valence-corrected chi connectivity index (χ3v) is 8.65. The normalized spacial score (nSPS) is 11.9. The van der Waals surface area contributed by atoms with Crippen LogP contribution in [0.3, 0.4) is 0 Å². The topological polar surface area (TPSA) is 146 Å². The Hall–Kier alpha value is -3.84. The van der Waals surface area contributed by atoms with Crippen molar-refractivity contribution in [1.29, 1.82) is 10.5 Å². The predicted molar refractivity (Wildman–Crippen MR) is 137 cm³/mol. The molecule has 10 nitrogen and oxygen atoms in total. The maximum Gasteiger partial charge on any atom is 0.325 e. The summed E-state index contributed by atoms with van der Waals surface area (Å²) in [4.78, 5) is 29.6. The Morgan fingerprint density at radius 2 is 1.70 bits per heavy atom. The van der Waals surface area contributed by atoms with E-state index in [4.69, 9.17) is 15.3 Å². The molecule has 0 radical (unpaired) electrons. The highest BCUT2D eigenvalue weighted by Crippen LogP contribution is 2.24. The lowest BCUT2D eigenvalue weighted by molar-refractivity contribution is -0.141. The lowest BCUT2D eigenvalue weighted by Gasteiger charge is -2.20. The summed E-state index contributed by atoms with van der Waals surface area (Å²) in [6.45, 7) is 3.68. The molecule has 0 saturated carbocycles. The van der Waals surface area contributed by atoms with Gasteiger partial charge in [0.15, 0.2) is 4.80 Å². The number of rotatable bonds is 9. The molecule has 1 aromatic heterocycles. The number of nitriles is 2. The highest BCUT2D eigenvalue weighted by molar-refractivity contribution is 7.89. The number of ether oxygens (including phenoxy) is 1. The molecule has 3 rings (SSSR count). The van der Waals surface area contributed by atoms with E-state index in [2.05, 4.69) is 4.99 Å². The molecule has 0 aliphatic rings. The van der Waals surface area contributed by atoms with Gasteiger partial charge in [-0.15, -0.1) is 0 Å². The summed E-state index contributed by atoms with van der Waals surface area (Å²) in [6, 6.07) is 13.0. The van der Waals surface area contributed by atoms with Gasteiger partial charge < -0.3 is 9.30 Å². The van der Waals surface area contributed by atoms with Crippen LogP contribution >= 0.6 is 11.3 Å². The van der Waals surface area contributed by atoms with Crippen molar-refractivity contribution in [2.45, 2.75) is 38.1 Å². The van der Waals surface area contributed by atoms with E-state index in [1.807, 2.05) is 38.1 Å². The number of thiazole rings is 1. The first-order valence-corrected chi connectivity index (χ1v) is 13.5. The number of sulfonamides is 1. The Labute approximate surface area is 218 Å². The number of benzene rings is 2. The number of hydrogen-bond donors (Lipinski definition) is 0. The van der Waals surface area contributed by atoms with Crippen LogP contribution in [0.15, 0.2) is 46.3 Å². The zero-order valence-electron chi connectivity index (χ0n) is 20.6. The first-order valence-electron chi connectivity index (χ1n) is 11.2. The molecule has 37 heavy (non-hydrogen) atoms. The quantitative estimate of drug-likeness (QED) is 0.380. The zero-order valence-corrected chi connectivity index (χ0v) is 22.2. The Bertz CT molecular complexity index is 1570. The Morgan fingerprint density at radius 3 is 2.27 bits per heavy atom. The SMILES string of the molecule is COC(=O)Cn1c(=NC(=O)c2ccc(S(=O)(=O)N(CCC#N)CCC#N)cc2)sc2c(C)cc(C)cc21. The van der Waals surface area contributed by atoms with Crippen LogP contribution in [0, 0.1) is 36.5 Å². The summed E-state index contributed by atoms with van der Waals surface area (Å²) < 4.78 is 34.4. The van der Waals surface area contributed by atoms with E-state index in [1.165, 1.54) is 42.7 Å². The molecule has 12 heteroatoms. The average molecular weight is 540 g/mol. The van der Waals surface area contributed by atoms with Crippen LogP contribution in [0.4, 0.5) is 0 Å². The minimum absolute atomic E-state index is 0.0140. The van der Waals surface area contributed by atoms with Gasteiger partial charge in [-0.2, -0.15) is 19.8 Å². The molecule has 0 spiro atoms. The number of amides is 1. The minimum atomic E-state index is -3.96. The number of fused-ring (bicyclic) bond motifs is 1. The molecule has 0 atom stereocenters. The second-order valence-corrected chi connectivity index (χ2v) is 11.1. The predicted octanol–water partition coefficient (Wildman–Crippen LogP) is 3.05. The van der Waals surface area contributed by atoms with Gasteiger partial charge in [0.25, 0.3) is 5.91 Å². The van der Waals surface area contributed by atoms with Crippen molar-refractivity contribution in [2.24, 2.45) is 4.99 Å². The van der Waals surface area contributed by atoms with Crippen molar-refractivity contribution in [3.8, 4) is 12.1 Å². The van der Waals surface area contributed by atoms with Crippen LogP contribution in [0.25, 0.3) is 10.2 Å². The Morgan fingerprint density at radius 1 is 1.08 bits per heavy atom. The first-order chi connectivity index (χ1) is 17.6. The summed E-state index contributed by atoms with van der Waals surface area (Å²) >= 11 is 1.27. The molecule has 0 aliphatic heterocycles.